The van der Waals surface area contributed by atoms with Crippen molar-refractivity contribution in [2.24, 2.45) is 5.41 Å². The Kier molecular flexibility index (Phi) is 4.43. The van der Waals surface area contributed by atoms with Gasteiger partial charge in [-0.15, -0.1) is 0 Å². The Balaban J connectivity index is 2.17. The second kappa shape index (κ2) is 5.81. The summed E-state index contributed by atoms with van der Waals surface area (Å²) in [6, 6.07) is 1.21. The van der Waals surface area contributed by atoms with Gasteiger partial charge in [0.25, 0.3) is 0 Å². The van der Waals surface area contributed by atoms with Crippen molar-refractivity contribution in [1.82, 2.24) is 9.29 Å². The molecule has 0 unspecified atom stereocenters. The van der Waals surface area contributed by atoms with Gasteiger partial charge in [-0.2, -0.15) is 0 Å². The Labute approximate surface area is 125 Å². The number of hydrogen-bond donors (Lipinski definition) is 2. The number of aromatic nitrogens is 1. The number of carboxylic acid groups (broad SMARTS) is 1. The third-order valence-electron chi connectivity index (χ3n) is 4.24. The average Bonchev–Trinajstić information content (AvgIpc) is 3.03. The highest BCUT2D eigenvalue weighted by atomic mass is 32.2. The predicted octanol–water partition coefficient (Wildman–Crippen LogP) is 2.06. The van der Waals surface area contributed by atoms with Gasteiger partial charge in [-0.05, 0) is 31.2 Å². The molecule has 1 fully saturated rings. The van der Waals surface area contributed by atoms with Crippen molar-refractivity contribution in [3.8, 4) is 0 Å². The van der Waals surface area contributed by atoms with E-state index in [0.29, 0.717) is 13.1 Å². The number of sulfonamides is 1. The quantitative estimate of drug-likeness (QED) is 0.841. The van der Waals surface area contributed by atoms with Gasteiger partial charge in [0.1, 0.15) is 10.6 Å². The maximum absolute atomic E-state index is 12.3. The van der Waals surface area contributed by atoms with Crippen LogP contribution >= 0.6 is 0 Å². The normalized spacial score (nSPS) is 18.0. The van der Waals surface area contributed by atoms with E-state index in [1.165, 1.54) is 16.8 Å². The molecule has 118 valence electrons. The summed E-state index contributed by atoms with van der Waals surface area (Å²) in [5, 5.41) is 9.08. The topological polar surface area (TPSA) is 88.4 Å². The number of hydrogen-bond acceptors (Lipinski definition) is 3. The lowest BCUT2D eigenvalue weighted by atomic mass is 9.89. The predicted molar refractivity (Wildman–Crippen MR) is 78.8 cm³/mol. The highest BCUT2D eigenvalue weighted by Gasteiger charge is 2.31. The Morgan fingerprint density at radius 1 is 1.43 bits per heavy atom. The molecule has 1 heterocycles. The molecule has 1 aliphatic rings. The molecule has 0 radical (unpaired) electrons. The number of aromatic carboxylic acids is 1. The molecule has 7 heteroatoms. The van der Waals surface area contributed by atoms with Crippen LogP contribution in [-0.2, 0) is 16.6 Å². The summed E-state index contributed by atoms with van der Waals surface area (Å²) in [4.78, 5) is 11.1. The van der Waals surface area contributed by atoms with Crippen LogP contribution in [0.25, 0.3) is 0 Å². The fourth-order valence-corrected chi connectivity index (χ4v) is 4.07. The first kappa shape index (κ1) is 16.0. The number of nitrogens with one attached hydrogen (secondary N) is 1. The van der Waals surface area contributed by atoms with Crippen LogP contribution in [0.4, 0.5) is 0 Å². The molecule has 2 rings (SSSR count). The summed E-state index contributed by atoms with van der Waals surface area (Å²) in [5.41, 5.74) is 0.000638. The van der Waals surface area contributed by atoms with Crippen molar-refractivity contribution < 1.29 is 18.3 Å². The molecule has 1 aromatic heterocycles. The minimum atomic E-state index is -3.67. The van der Waals surface area contributed by atoms with Crippen LogP contribution in [0.15, 0.2) is 17.2 Å². The van der Waals surface area contributed by atoms with Gasteiger partial charge in [-0.1, -0.05) is 19.8 Å². The van der Waals surface area contributed by atoms with E-state index in [1.54, 1.807) is 6.92 Å². The van der Waals surface area contributed by atoms with E-state index in [2.05, 4.69) is 11.6 Å². The second-order valence-electron chi connectivity index (χ2n) is 5.99. The second-order valence-corrected chi connectivity index (χ2v) is 7.76. The van der Waals surface area contributed by atoms with Gasteiger partial charge in [-0.25, -0.2) is 17.9 Å². The molecular weight excluding hydrogens is 292 g/mol. The fraction of sp³-hybridized carbons (Fsp3) is 0.643. The highest BCUT2D eigenvalue weighted by Crippen LogP contribution is 2.37. The van der Waals surface area contributed by atoms with E-state index in [9.17, 15) is 13.2 Å². The summed E-state index contributed by atoms with van der Waals surface area (Å²) >= 11 is 0. The first-order valence-electron chi connectivity index (χ1n) is 7.20. The molecule has 0 atom stereocenters. The standard InChI is InChI=1S/C14H22N2O4S/c1-3-16-9-11(8-12(16)13(17)18)21(19,20)15-10-14(2)6-4-5-7-14/h8-9,15H,3-7,10H2,1-2H3,(H,17,18). The Morgan fingerprint density at radius 2 is 2.05 bits per heavy atom. The molecule has 0 spiro atoms. The number of rotatable bonds is 6. The first-order chi connectivity index (χ1) is 9.77. The molecule has 0 saturated heterocycles. The third kappa shape index (κ3) is 3.47. The van der Waals surface area contributed by atoms with Gasteiger partial charge in [0.2, 0.25) is 10.0 Å². The zero-order chi connectivity index (χ0) is 15.7. The van der Waals surface area contributed by atoms with Crippen molar-refractivity contribution in [2.45, 2.75) is 51.0 Å². The van der Waals surface area contributed by atoms with Crippen molar-refractivity contribution in [3.05, 3.63) is 18.0 Å². The van der Waals surface area contributed by atoms with Gasteiger partial charge in [0.15, 0.2) is 0 Å². The number of carboxylic acids is 1. The molecule has 6 nitrogen and oxygen atoms in total. The van der Waals surface area contributed by atoms with Crippen molar-refractivity contribution in [3.63, 3.8) is 0 Å². The Morgan fingerprint density at radius 3 is 2.52 bits per heavy atom. The van der Waals surface area contributed by atoms with Gasteiger partial charge < -0.3 is 9.67 Å². The zero-order valence-corrected chi connectivity index (χ0v) is 13.2. The number of carbonyl (C=O) groups is 1. The molecule has 0 aromatic carbocycles. The summed E-state index contributed by atoms with van der Waals surface area (Å²) < 4.78 is 28.7. The van der Waals surface area contributed by atoms with E-state index >= 15 is 0 Å². The van der Waals surface area contributed by atoms with E-state index in [0.717, 1.165) is 25.7 Å². The maximum atomic E-state index is 12.3. The molecule has 1 aromatic rings. The highest BCUT2D eigenvalue weighted by molar-refractivity contribution is 7.89. The van der Waals surface area contributed by atoms with Crippen LogP contribution in [0.3, 0.4) is 0 Å². The van der Waals surface area contributed by atoms with Crippen LogP contribution in [0, 0.1) is 5.41 Å². The Bertz CT molecular complexity index is 627. The van der Waals surface area contributed by atoms with Gasteiger partial charge in [0.05, 0.1) is 0 Å². The molecule has 2 N–H and O–H groups in total. The third-order valence-corrected chi connectivity index (χ3v) is 5.61. The van der Waals surface area contributed by atoms with E-state index in [-0.39, 0.29) is 16.0 Å². The van der Waals surface area contributed by atoms with E-state index in [1.807, 2.05) is 0 Å². The summed E-state index contributed by atoms with van der Waals surface area (Å²) in [5.74, 6) is -1.12. The summed E-state index contributed by atoms with van der Waals surface area (Å²) in [6.45, 7) is 4.67. The molecule has 0 aliphatic heterocycles. The SMILES string of the molecule is CCn1cc(S(=O)(=O)NCC2(C)CCCC2)cc1C(=O)O. The first-order valence-corrected chi connectivity index (χ1v) is 8.69. The van der Waals surface area contributed by atoms with Crippen molar-refractivity contribution >= 4 is 16.0 Å². The minimum absolute atomic E-state index is 0.00930. The smallest absolute Gasteiger partial charge is 0.352 e. The van der Waals surface area contributed by atoms with Crippen molar-refractivity contribution in [1.29, 1.82) is 0 Å². The molecule has 0 amide bonds. The van der Waals surface area contributed by atoms with Gasteiger partial charge >= 0.3 is 5.97 Å². The maximum Gasteiger partial charge on any atom is 0.352 e. The minimum Gasteiger partial charge on any atom is -0.477 e. The monoisotopic (exact) mass is 314 g/mol. The molecule has 1 saturated carbocycles. The lowest BCUT2D eigenvalue weighted by Crippen LogP contribution is -2.34. The molecular formula is C14H22N2O4S. The molecule has 0 bridgehead atoms. The van der Waals surface area contributed by atoms with Gasteiger partial charge in [-0.3, -0.25) is 0 Å². The fourth-order valence-electron chi connectivity index (χ4n) is 2.83. The van der Waals surface area contributed by atoms with E-state index in [4.69, 9.17) is 5.11 Å². The van der Waals surface area contributed by atoms with E-state index < -0.39 is 16.0 Å². The van der Waals surface area contributed by atoms with Crippen LogP contribution in [0.5, 0.6) is 0 Å². The summed E-state index contributed by atoms with van der Waals surface area (Å²) in [7, 11) is -3.67. The largest absolute Gasteiger partial charge is 0.477 e. The number of nitrogens with zero attached hydrogens (tertiary/aromatic N) is 1. The average molecular weight is 314 g/mol. The lowest BCUT2D eigenvalue weighted by molar-refractivity contribution is 0.0685. The lowest BCUT2D eigenvalue weighted by Gasteiger charge is -2.23. The Hall–Kier alpha value is -1.34. The molecule has 1 aliphatic carbocycles. The van der Waals surface area contributed by atoms with Crippen molar-refractivity contribution in [2.75, 3.05) is 6.54 Å². The van der Waals surface area contributed by atoms with Crippen LogP contribution < -0.4 is 4.72 Å². The van der Waals surface area contributed by atoms with Crippen LogP contribution in [0.1, 0.15) is 50.0 Å². The summed E-state index contributed by atoms with van der Waals surface area (Å²) in [6.07, 6.45) is 5.68. The molecule has 21 heavy (non-hydrogen) atoms. The van der Waals surface area contributed by atoms with Crippen LogP contribution in [0.2, 0.25) is 0 Å². The van der Waals surface area contributed by atoms with Crippen LogP contribution in [-0.4, -0.2) is 30.6 Å². The van der Waals surface area contributed by atoms with Gasteiger partial charge in [0, 0.05) is 19.3 Å². The number of aryl methyl sites for hydroxylation is 1. The zero-order valence-electron chi connectivity index (χ0n) is 12.4.